The van der Waals surface area contributed by atoms with Gasteiger partial charge in [-0.15, -0.1) is 0 Å². The van der Waals surface area contributed by atoms with E-state index in [4.69, 9.17) is 5.11 Å². The zero-order chi connectivity index (χ0) is 12.7. The molecule has 17 heavy (non-hydrogen) atoms. The zero-order valence-electron chi connectivity index (χ0n) is 11.1. The number of rotatable bonds is 7. The number of aliphatic hydroxyl groups excluding tert-OH is 1. The van der Waals surface area contributed by atoms with Crippen LogP contribution in [0.2, 0.25) is 0 Å². The first kappa shape index (κ1) is 14.5. The second-order valence-electron chi connectivity index (χ2n) is 5.30. The van der Waals surface area contributed by atoms with Crippen molar-refractivity contribution in [2.24, 2.45) is 0 Å². The van der Waals surface area contributed by atoms with Crippen LogP contribution in [-0.4, -0.2) is 35.7 Å². The molecule has 0 aromatic rings. The third kappa shape index (κ3) is 5.04. The summed E-state index contributed by atoms with van der Waals surface area (Å²) in [6, 6.07) is 0.520. The van der Waals surface area contributed by atoms with E-state index in [1.807, 2.05) is 13.8 Å². The number of nitrogens with one attached hydrogen (secondary N) is 2. The van der Waals surface area contributed by atoms with Crippen molar-refractivity contribution in [2.75, 3.05) is 13.2 Å². The van der Waals surface area contributed by atoms with E-state index in [0.29, 0.717) is 19.0 Å². The molecule has 4 nitrogen and oxygen atoms in total. The molecule has 1 aliphatic carbocycles. The molecule has 0 aliphatic heterocycles. The molecule has 1 aliphatic rings. The van der Waals surface area contributed by atoms with Crippen molar-refractivity contribution in [1.82, 2.24) is 10.6 Å². The number of aliphatic hydroxyl groups is 1. The van der Waals surface area contributed by atoms with Crippen molar-refractivity contribution in [3.63, 3.8) is 0 Å². The average Bonchev–Trinajstić information content (AvgIpc) is 2.79. The second-order valence-corrected chi connectivity index (χ2v) is 5.30. The van der Waals surface area contributed by atoms with E-state index in [1.54, 1.807) is 0 Å². The second kappa shape index (κ2) is 6.97. The fourth-order valence-electron chi connectivity index (χ4n) is 2.32. The van der Waals surface area contributed by atoms with E-state index in [2.05, 4.69) is 10.6 Å². The van der Waals surface area contributed by atoms with E-state index in [1.165, 1.54) is 25.7 Å². The topological polar surface area (TPSA) is 61.4 Å². The molecule has 0 saturated heterocycles. The minimum atomic E-state index is -0.275. The third-order valence-electron chi connectivity index (χ3n) is 3.79. The van der Waals surface area contributed by atoms with Gasteiger partial charge in [-0.05, 0) is 32.6 Å². The van der Waals surface area contributed by atoms with Gasteiger partial charge in [0.25, 0.3) is 0 Å². The van der Waals surface area contributed by atoms with E-state index in [0.717, 1.165) is 6.42 Å². The van der Waals surface area contributed by atoms with E-state index < -0.39 is 0 Å². The molecule has 0 bridgehead atoms. The van der Waals surface area contributed by atoms with Gasteiger partial charge in [0.05, 0.1) is 6.54 Å². The van der Waals surface area contributed by atoms with Crippen LogP contribution in [0.25, 0.3) is 0 Å². The lowest BCUT2D eigenvalue weighted by atomic mass is 9.95. The Balaban J connectivity index is 2.26. The fourth-order valence-corrected chi connectivity index (χ4v) is 2.32. The van der Waals surface area contributed by atoms with Crippen molar-refractivity contribution in [3.8, 4) is 0 Å². The maximum atomic E-state index is 11.8. The average molecular weight is 242 g/mol. The Morgan fingerprint density at radius 1 is 1.41 bits per heavy atom. The lowest BCUT2D eigenvalue weighted by Crippen LogP contribution is -2.50. The van der Waals surface area contributed by atoms with Gasteiger partial charge in [0, 0.05) is 18.2 Å². The highest BCUT2D eigenvalue weighted by molar-refractivity contribution is 5.78. The Hall–Kier alpha value is -0.610. The molecular weight excluding hydrogens is 216 g/mol. The van der Waals surface area contributed by atoms with Crippen LogP contribution in [0.3, 0.4) is 0 Å². The van der Waals surface area contributed by atoms with Crippen LogP contribution < -0.4 is 10.6 Å². The van der Waals surface area contributed by atoms with Crippen molar-refractivity contribution in [1.29, 1.82) is 0 Å². The highest BCUT2D eigenvalue weighted by Crippen LogP contribution is 2.17. The molecule has 1 rings (SSSR count). The van der Waals surface area contributed by atoms with Gasteiger partial charge < -0.3 is 15.7 Å². The van der Waals surface area contributed by atoms with Crippen molar-refractivity contribution < 1.29 is 9.90 Å². The molecule has 0 aromatic carbocycles. The smallest absolute Gasteiger partial charge is 0.234 e. The first-order chi connectivity index (χ1) is 8.09. The normalized spacial score (nSPS) is 20.2. The lowest BCUT2D eigenvalue weighted by molar-refractivity contribution is -0.122. The third-order valence-corrected chi connectivity index (χ3v) is 3.79. The van der Waals surface area contributed by atoms with Crippen LogP contribution in [-0.2, 0) is 4.79 Å². The minimum absolute atomic E-state index is 0.0368. The Morgan fingerprint density at radius 2 is 2.06 bits per heavy atom. The number of hydrogen-bond acceptors (Lipinski definition) is 3. The van der Waals surface area contributed by atoms with Crippen LogP contribution >= 0.6 is 0 Å². The van der Waals surface area contributed by atoms with Crippen LogP contribution in [0, 0.1) is 0 Å². The fraction of sp³-hybridized carbons (Fsp3) is 0.923. The maximum absolute atomic E-state index is 11.8. The Morgan fingerprint density at radius 3 is 2.59 bits per heavy atom. The van der Waals surface area contributed by atoms with E-state index >= 15 is 0 Å². The molecule has 1 fully saturated rings. The first-order valence-corrected chi connectivity index (χ1v) is 6.75. The molecule has 0 aromatic heterocycles. The largest absolute Gasteiger partial charge is 0.396 e. The van der Waals surface area contributed by atoms with Crippen molar-refractivity contribution in [2.45, 2.75) is 64.0 Å². The summed E-state index contributed by atoms with van der Waals surface area (Å²) in [5.41, 5.74) is -0.275. The van der Waals surface area contributed by atoms with E-state index in [-0.39, 0.29) is 18.1 Å². The Bertz CT molecular complexity index is 240. The van der Waals surface area contributed by atoms with Crippen molar-refractivity contribution >= 4 is 5.91 Å². The Labute approximate surface area is 104 Å². The van der Waals surface area contributed by atoms with Gasteiger partial charge in [-0.2, -0.15) is 0 Å². The Kier molecular flexibility index (Phi) is 5.92. The molecular formula is C13H26N2O2. The molecule has 1 atom stereocenters. The standard InChI is InChI=1S/C13H26N2O2/c1-3-13(2,8-9-16)15-12(17)10-14-11-6-4-5-7-11/h11,14,16H,3-10H2,1-2H3,(H,15,17). The summed E-state index contributed by atoms with van der Waals surface area (Å²) < 4.78 is 0. The van der Waals surface area contributed by atoms with Gasteiger partial charge in [-0.1, -0.05) is 19.8 Å². The summed E-state index contributed by atoms with van der Waals surface area (Å²) in [7, 11) is 0. The summed E-state index contributed by atoms with van der Waals surface area (Å²) in [5, 5.41) is 15.3. The monoisotopic (exact) mass is 242 g/mol. The predicted molar refractivity (Wildman–Crippen MR) is 68.8 cm³/mol. The number of carbonyl (C=O) groups excluding carboxylic acids is 1. The van der Waals surface area contributed by atoms with Crippen LogP contribution in [0.1, 0.15) is 52.4 Å². The van der Waals surface area contributed by atoms with Gasteiger partial charge in [-0.3, -0.25) is 4.79 Å². The zero-order valence-corrected chi connectivity index (χ0v) is 11.1. The number of hydrogen-bond donors (Lipinski definition) is 3. The molecule has 0 heterocycles. The summed E-state index contributed by atoms with van der Waals surface area (Å²) in [6.45, 7) is 4.52. The van der Waals surface area contributed by atoms with Crippen LogP contribution in [0.4, 0.5) is 0 Å². The predicted octanol–water partition coefficient (Wildman–Crippen LogP) is 1.19. The molecule has 4 heteroatoms. The highest BCUT2D eigenvalue weighted by Gasteiger charge is 2.24. The van der Waals surface area contributed by atoms with E-state index in [9.17, 15) is 4.79 Å². The molecule has 3 N–H and O–H groups in total. The highest BCUT2D eigenvalue weighted by atomic mass is 16.3. The van der Waals surface area contributed by atoms with Gasteiger partial charge in [0.2, 0.25) is 5.91 Å². The van der Waals surface area contributed by atoms with Gasteiger partial charge >= 0.3 is 0 Å². The van der Waals surface area contributed by atoms with Crippen LogP contribution in [0.15, 0.2) is 0 Å². The maximum Gasteiger partial charge on any atom is 0.234 e. The van der Waals surface area contributed by atoms with Crippen LogP contribution in [0.5, 0.6) is 0 Å². The molecule has 100 valence electrons. The minimum Gasteiger partial charge on any atom is -0.396 e. The molecule has 0 radical (unpaired) electrons. The molecule has 0 spiro atoms. The summed E-state index contributed by atoms with van der Waals surface area (Å²) in [4.78, 5) is 11.8. The van der Waals surface area contributed by atoms with Crippen molar-refractivity contribution in [3.05, 3.63) is 0 Å². The quantitative estimate of drug-likeness (QED) is 0.628. The first-order valence-electron chi connectivity index (χ1n) is 6.75. The van der Waals surface area contributed by atoms with Gasteiger partial charge in [0.15, 0.2) is 0 Å². The molecule has 1 saturated carbocycles. The number of carbonyl (C=O) groups is 1. The summed E-state index contributed by atoms with van der Waals surface area (Å²) >= 11 is 0. The number of amides is 1. The van der Waals surface area contributed by atoms with Gasteiger partial charge in [0.1, 0.15) is 0 Å². The lowest BCUT2D eigenvalue weighted by Gasteiger charge is -2.29. The summed E-state index contributed by atoms with van der Waals surface area (Å²) in [6.07, 6.45) is 6.37. The summed E-state index contributed by atoms with van der Waals surface area (Å²) in [5.74, 6) is 0.0368. The molecule has 1 unspecified atom stereocenters. The van der Waals surface area contributed by atoms with Gasteiger partial charge in [-0.25, -0.2) is 0 Å². The molecule has 1 amide bonds. The SMILES string of the molecule is CCC(C)(CCO)NC(=O)CNC1CCCC1.